The van der Waals surface area contributed by atoms with E-state index < -0.39 is 17.2 Å². The molecule has 0 amide bonds. The fraction of sp³-hybridized carbons (Fsp3) is 0.455. The minimum atomic E-state index is -0.918. The second-order valence-corrected chi connectivity index (χ2v) is 4.59. The lowest BCUT2D eigenvalue weighted by atomic mass is 10.0. The average Bonchev–Trinajstić information content (AvgIpc) is 2.89. The molecule has 0 spiro atoms. The standard InChI is InChI=1S/C11H11ClF2O/c1-6-4-8(12)10(14)7(9(6)13)5-11(15)2-3-11/h4,15H,2-3,5H2,1H3. The van der Waals surface area contributed by atoms with Crippen LogP contribution in [0.5, 0.6) is 0 Å². The number of hydrogen-bond acceptors (Lipinski definition) is 1. The Balaban J connectivity index is 2.44. The molecule has 15 heavy (non-hydrogen) atoms. The number of halogens is 3. The Bertz CT molecular complexity index is 387. The van der Waals surface area contributed by atoms with Crippen molar-refractivity contribution in [2.45, 2.75) is 31.8 Å². The molecule has 0 heterocycles. The average molecular weight is 233 g/mol. The van der Waals surface area contributed by atoms with Gasteiger partial charge in [-0.2, -0.15) is 0 Å². The summed E-state index contributed by atoms with van der Waals surface area (Å²) in [7, 11) is 0. The molecule has 82 valence electrons. The van der Waals surface area contributed by atoms with Crippen molar-refractivity contribution in [2.75, 3.05) is 0 Å². The van der Waals surface area contributed by atoms with Crippen LogP contribution >= 0.6 is 11.6 Å². The minimum absolute atomic E-state index is 0.00602. The highest BCUT2D eigenvalue weighted by molar-refractivity contribution is 6.30. The van der Waals surface area contributed by atoms with Crippen LogP contribution in [0.1, 0.15) is 24.0 Å². The van der Waals surface area contributed by atoms with Gasteiger partial charge in [0, 0.05) is 12.0 Å². The van der Waals surface area contributed by atoms with Gasteiger partial charge in [0.2, 0.25) is 0 Å². The topological polar surface area (TPSA) is 20.2 Å². The molecule has 1 fully saturated rings. The third-order valence-electron chi connectivity index (χ3n) is 2.76. The summed E-state index contributed by atoms with van der Waals surface area (Å²) < 4.78 is 27.1. The molecule has 1 aliphatic rings. The van der Waals surface area contributed by atoms with Crippen LogP contribution < -0.4 is 0 Å². The van der Waals surface area contributed by atoms with Gasteiger partial charge >= 0.3 is 0 Å². The minimum Gasteiger partial charge on any atom is -0.390 e. The maximum Gasteiger partial charge on any atom is 0.148 e. The van der Waals surface area contributed by atoms with E-state index >= 15 is 0 Å². The number of hydrogen-bond donors (Lipinski definition) is 1. The first kappa shape index (κ1) is 10.8. The van der Waals surface area contributed by atoms with Gasteiger partial charge in [-0.05, 0) is 31.4 Å². The Kier molecular flexibility index (Phi) is 2.47. The second kappa shape index (κ2) is 3.42. The van der Waals surface area contributed by atoms with Gasteiger partial charge in [0.25, 0.3) is 0 Å². The van der Waals surface area contributed by atoms with Gasteiger partial charge in [-0.3, -0.25) is 0 Å². The van der Waals surface area contributed by atoms with Gasteiger partial charge in [0.05, 0.1) is 10.6 Å². The summed E-state index contributed by atoms with van der Waals surface area (Å²) in [4.78, 5) is 0. The quantitative estimate of drug-likeness (QED) is 0.778. The Labute approximate surface area is 91.7 Å². The molecule has 0 atom stereocenters. The largest absolute Gasteiger partial charge is 0.390 e. The van der Waals surface area contributed by atoms with Crippen LogP contribution in [0.25, 0.3) is 0 Å². The van der Waals surface area contributed by atoms with E-state index in [1.807, 2.05) is 0 Å². The van der Waals surface area contributed by atoms with E-state index in [9.17, 15) is 13.9 Å². The summed E-state index contributed by atoms with van der Waals surface area (Å²) in [6, 6.07) is 1.26. The lowest BCUT2D eigenvalue weighted by Crippen LogP contribution is -2.14. The van der Waals surface area contributed by atoms with Crippen LogP contribution in [-0.4, -0.2) is 10.7 Å². The zero-order valence-electron chi connectivity index (χ0n) is 8.28. The molecule has 0 aliphatic heterocycles. The molecule has 0 saturated heterocycles. The van der Waals surface area contributed by atoms with Crippen molar-refractivity contribution in [3.63, 3.8) is 0 Å². The molecule has 1 N–H and O–H groups in total. The lowest BCUT2D eigenvalue weighted by molar-refractivity contribution is 0.148. The summed E-state index contributed by atoms with van der Waals surface area (Å²) >= 11 is 5.62. The fourth-order valence-corrected chi connectivity index (χ4v) is 1.88. The molecule has 4 heteroatoms. The molecule has 1 nitrogen and oxygen atoms in total. The maximum atomic E-state index is 13.6. The summed E-state index contributed by atoms with van der Waals surface area (Å²) in [5.74, 6) is -1.35. The molecule has 1 aliphatic carbocycles. The SMILES string of the molecule is Cc1cc(Cl)c(F)c(CC2(O)CC2)c1F. The third-order valence-corrected chi connectivity index (χ3v) is 3.04. The number of benzene rings is 1. The smallest absolute Gasteiger partial charge is 0.148 e. The van der Waals surface area contributed by atoms with Crippen LogP contribution in [0, 0.1) is 18.6 Å². The predicted molar refractivity (Wildman–Crippen MR) is 54.0 cm³/mol. The highest BCUT2D eigenvalue weighted by Gasteiger charge is 2.41. The van der Waals surface area contributed by atoms with Gasteiger partial charge in [0.1, 0.15) is 11.6 Å². The zero-order valence-corrected chi connectivity index (χ0v) is 9.04. The Hall–Kier alpha value is -0.670. The van der Waals surface area contributed by atoms with Gasteiger partial charge in [-0.25, -0.2) is 8.78 Å². The first-order chi connectivity index (χ1) is 6.93. The molecule has 1 aromatic carbocycles. The van der Waals surface area contributed by atoms with Crippen LogP contribution in [0.2, 0.25) is 5.02 Å². The van der Waals surface area contributed by atoms with Crippen molar-refractivity contribution >= 4 is 11.6 Å². The van der Waals surface area contributed by atoms with Crippen molar-refractivity contribution in [1.29, 1.82) is 0 Å². The van der Waals surface area contributed by atoms with E-state index in [0.29, 0.717) is 18.4 Å². The molecule has 1 aromatic rings. The second-order valence-electron chi connectivity index (χ2n) is 4.18. The molecular weight excluding hydrogens is 222 g/mol. The van der Waals surface area contributed by atoms with Gasteiger partial charge in [0.15, 0.2) is 0 Å². The van der Waals surface area contributed by atoms with E-state index in [1.54, 1.807) is 0 Å². The Morgan fingerprint density at radius 2 is 2.00 bits per heavy atom. The van der Waals surface area contributed by atoms with Crippen molar-refractivity contribution in [1.82, 2.24) is 0 Å². The highest BCUT2D eigenvalue weighted by atomic mass is 35.5. The van der Waals surface area contributed by atoms with E-state index in [-0.39, 0.29) is 17.0 Å². The third kappa shape index (κ3) is 1.99. The first-order valence-electron chi connectivity index (χ1n) is 4.78. The van der Waals surface area contributed by atoms with Crippen molar-refractivity contribution in [2.24, 2.45) is 0 Å². The lowest BCUT2D eigenvalue weighted by Gasteiger charge is -2.12. The van der Waals surface area contributed by atoms with Crippen LogP contribution in [-0.2, 0) is 6.42 Å². The fourth-order valence-electron chi connectivity index (χ4n) is 1.60. The highest BCUT2D eigenvalue weighted by Crippen LogP contribution is 2.40. The molecule has 0 unspecified atom stereocenters. The van der Waals surface area contributed by atoms with Crippen molar-refractivity contribution < 1.29 is 13.9 Å². The monoisotopic (exact) mass is 232 g/mol. The molecule has 0 radical (unpaired) electrons. The van der Waals surface area contributed by atoms with Crippen molar-refractivity contribution in [3.8, 4) is 0 Å². The summed E-state index contributed by atoms with van der Waals surface area (Å²) in [5, 5.41) is 9.55. The van der Waals surface area contributed by atoms with Crippen LogP contribution in [0.4, 0.5) is 8.78 Å². The first-order valence-corrected chi connectivity index (χ1v) is 5.16. The zero-order chi connectivity index (χ0) is 11.2. The van der Waals surface area contributed by atoms with Gasteiger partial charge in [-0.1, -0.05) is 11.6 Å². The van der Waals surface area contributed by atoms with E-state index in [0.717, 1.165) is 0 Å². The van der Waals surface area contributed by atoms with Crippen LogP contribution in [0.3, 0.4) is 0 Å². The summed E-state index contributed by atoms with van der Waals surface area (Å²) in [6.45, 7) is 1.53. The molecule has 0 bridgehead atoms. The normalized spacial score (nSPS) is 17.9. The molecule has 0 aromatic heterocycles. The van der Waals surface area contributed by atoms with Crippen LogP contribution in [0.15, 0.2) is 6.07 Å². The van der Waals surface area contributed by atoms with E-state index in [4.69, 9.17) is 11.6 Å². The number of aryl methyl sites for hydroxylation is 1. The Morgan fingerprint density at radius 1 is 1.40 bits per heavy atom. The van der Waals surface area contributed by atoms with Crippen molar-refractivity contribution in [3.05, 3.63) is 33.9 Å². The maximum absolute atomic E-state index is 13.6. The molecule has 1 saturated carbocycles. The Morgan fingerprint density at radius 3 is 2.53 bits per heavy atom. The van der Waals surface area contributed by atoms with Gasteiger partial charge < -0.3 is 5.11 Å². The summed E-state index contributed by atoms with van der Waals surface area (Å²) in [5.41, 5.74) is -0.709. The molecule has 2 rings (SSSR count). The van der Waals surface area contributed by atoms with E-state index in [1.165, 1.54) is 13.0 Å². The van der Waals surface area contributed by atoms with E-state index in [2.05, 4.69) is 0 Å². The summed E-state index contributed by atoms with van der Waals surface area (Å²) in [6.07, 6.45) is 1.20. The van der Waals surface area contributed by atoms with Gasteiger partial charge in [-0.15, -0.1) is 0 Å². The number of rotatable bonds is 2. The number of aliphatic hydroxyl groups is 1. The predicted octanol–water partition coefficient (Wildman–Crippen LogP) is 2.99. The molecular formula is C11H11ClF2O.